The highest BCUT2D eigenvalue weighted by Crippen LogP contribution is 2.18. The summed E-state index contributed by atoms with van der Waals surface area (Å²) in [7, 11) is 3.35. The van der Waals surface area contributed by atoms with Crippen molar-refractivity contribution in [3.63, 3.8) is 0 Å². The number of benzene rings is 1. The quantitative estimate of drug-likeness (QED) is 0.886. The summed E-state index contributed by atoms with van der Waals surface area (Å²) in [5, 5.41) is 0.522. The van der Waals surface area contributed by atoms with E-state index in [0.29, 0.717) is 23.3 Å². The van der Waals surface area contributed by atoms with Crippen molar-refractivity contribution in [2.24, 2.45) is 5.92 Å². The molecule has 2 heterocycles. The molecule has 1 aromatic carbocycles. The second-order valence-electron chi connectivity index (χ2n) is 5.90. The average Bonchev–Trinajstić information content (AvgIpc) is 2.86. The molecule has 1 aliphatic rings. The number of hydrogen-bond acceptors (Lipinski definition) is 4. The molecule has 1 fully saturated rings. The summed E-state index contributed by atoms with van der Waals surface area (Å²) in [5.74, 6) is -0.0283. The maximum atomic E-state index is 12.4. The number of hydrogen-bond donors (Lipinski definition) is 1. The number of amides is 2. The van der Waals surface area contributed by atoms with Crippen molar-refractivity contribution in [1.29, 1.82) is 0 Å². The summed E-state index contributed by atoms with van der Waals surface area (Å²) in [4.78, 5) is 46.2. The van der Waals surface area contributed by atoms with E-state index >= 15 is 0 Å². The number of nitrogens with one attached hydrogen (secondary N) is 1. The minimum absolute atomic E-state index is 0.0195. The monoisotopic (exact) mass is 314 g/mol. The summed E-state index contributed by atoms with van der Waals surface area (Å²) in [6.07, 6.45) is 0.237. The maximum absolute atomic E-state index is 12.4. The van der Waals surface area contributed by atoms with Crippen LogP contribution in [0.2, 0.25) is 0 Å². The Labute approximate surface area is 132 Å². The highest BCUT2D eigenvalue weighted by atomic mass is 16.2. The van der Waals surface area contributed by atoms with Gasteiger partial charge >= 0.3 is 0 Å². The van der Waals surface area contributed by atoms with Gasteiger partial charge < -0.3 is 14.8 Å². The molecule has 0 aliphatic carbocycles. The van der Waals surface area contributed by atoms with E-state index in [2.05, 4.69) is 9.97 Å². The van der Waals surface area contributed by atoms with Gasteiger partial charge in [-0.05, 0) is 12.1 Å². The summed E-state index contributed by atoms with van der Waals surface area (Å²) in [6, 6.07) is 7.07. The zero-order valence-corrected chi connectivity index (χ0v) is 13.1. The molecule has 1 saturated heterocycles. The van der Waals surface area contributed by atoms with Crippen molar-refractivity contribution in [3.8, 4) is 0 Å². The van der Waals surface area contributed by atoms with Crippen LogP contribution in [0.25, 0.3) is 10.9 Å². The maximum Gasteiger partial charge on any atom is 0.258 e. The van der Waals surface area contributed by atoms with E-state index in [4.69, 9.17) is 0 Å². The molecule has 1 atom stereocenters. The fraction of sp³-hybridized carbons (Fsp3) is 0.375. The van der Waals surface area contributed by atoms with E-state index in [-0.39, 0.29) is 36.3 Å². The Hall–Kier alpha value is -2.70. The first-order chi connectivity index (χ1) is 11.0. The van der Waals surface area contributed by atoms with Crippen LogP contribution in [-0.2, 0) is 16.1 Å². The largest absolute Gasteiger partial charge is 0.345 e. The molecule has 7 nitrogen and oxygen atoms in total. The fourth-order valence-electron chi connectivity index (χ4n) is 2.85. The zero-order chi connectivity index (χ0) is 16.6. The molecule has 120 valence electrons. The molecule has 23 heavy (non-hydrogen) atoms. The summed E-state index contributed by atoms with van der Waals surface area (Å²) in [6.45, 7) is 0.636. The molecule has 2 aromatic rings. The van der Waals surface area contributed by atoms with E-state index in [0.717, 1.165) is 0 Å². The van der Waals surface area contributed by atoms with Crippen molar-refractivity contribution >= 4 is 22.7 Å². The van der Waals surface area contributed by atoms with Crippen LogP contribution in [0.15, 0.2) is 29.1 Å². The second kappa shape index (κ2) is 5.83. The number of carbonyl (C=O) groups is 2. The molecule has 1 unspecified atom stereocenters. The molecule has 3 rings (SSSR count). The van der Waals surface area contributed by atoms with Crippen LogP contribution >= 0.6 is 0 Å². The first kappa shape index (κ1) is 15.2. The van der Waals surface area contributed by atoms with E-state index in [1.165, 1.54) is 4.90 Å². The van der Waals surface area contributed by atoms with Crippen LogP contribution in [0, 0.1) is 5.92 Å². The van der Waals surface area contributed by atoms with E-state index < -0.39 is 0 Å². The van der Waals surface area contributed by atoms with Gasteiger partial charge in [-0.3, -0.25) is 14.4 Å². The molecule has 7 heteroatoms. The number of aromatic nitrogens is 2. The van der Waals surface area contributed by atoms with Gasteiger partial charge in [0.25, 0.3) is 5.56 Å². The number of fused-ring (bicyclic) bond motifs is 1. The molecular weight excluding hydrogens is 296 g/mol. The van der Waals surface area contributed by atoms with Crippen molar-refractivity contribution in [2.45, 2.75) is 13.0 Å². The fourth-order valence-corrected chi connectivity index (χ4v) is 2.85. The molecule has 0 saturated carbocycles. The Balaban J connectivity index is 1.78. The normalized spacial score (nSPS) is 17.7. The van der Waals surface area contributed by atoms with Crippen LogP contribution in [0.5, 0.6) is 0 Å². The van der Waals surface area contributed by atoms with Gasteiger partial charge in [0.15, 0.2) is 0 Å². The van der Waals surface area contributed by atoms with Crippen molar-refractivity contribution < 1.29 is 9.59 Å². The number of carbonyl (C=O) groups excluding carboxylic acids is 2. The molecule has 2 amide bonds. The highest BCUT2D eigenvalue weighted by molar-refractivity contribution is 5.89. The van der Waals surface area contributed by atoms with Crippen molar-refractivity contribution in [2.75, 3.05) is 20.6 Å². The van der Waals surface area contributed by atoms with Crippen LogP contribution in [0.3, 0.4) is 0 Å². The van der Waals surface area contributed by atoms with Crippen LogP contribution in [-0.4, -0.2) is 52.2 Å². The van der Waals surface area contributed by atoms with Crippen LogP contribution in [0.4, 0.5) is 0 Å². The van der Waals surface area contributed by atoms with Gasteiger partial charge in [0.2, 0.25) is 11.8 Å². The van der Waals surface area contributed by atoms with Gasteiger partial charge in [0, 0.05) is 27.1 Å². The summed E-state index contributed by atoms with van der Waals surface area (Å²) < 4.78 is 0. The SMILES string of the molecule is CN1CC(C(=O)N(C)Cc2nc3ccccc3c(=O)[nH]2)CC1=O. The third kappa shape index (κ3) is 2.94. The van der Waals surface area contributed by atoms with Crippen LogP contribution in [0.1, 0.15) is 12.2 Å². The number of rotatable bonds is 3. The number of nitrogens with zero attached hydrogens (tertiary/aromatic N) is 3. The van der Waals surface area contributed by atoms with Crippen molar-refractivity contribution in [1.82, 2.24) is 19.8 Å². The Morgan fingerprint density at radius 2 is 2.13 bits per heavy atom. The lowest BCUT2D eigenvalue weighted by molar-refractivity contribution is -0.135. The Kier molecular flexibility index (Phi) is 3.85. The van der Waals surface area contributed by atoms with Gasteiger partial charge in [-0.15, -0.1) is 0 Å². The van der Waals surface area contributed by atoms with Gasteiger partial charge in [0.05, 0.1) is 23.4 Å². The molecule has 0 radical (unpaired) electrons. The third-order valence-corrected chi connectivity index (χ3v) is 4.12. The van der Waals surface area contributed by atoms with E-state index in [1.54, 1.807) is 37.2 Å². The lowest BCUT2D eigenvalue weighted by atomic mass is 10.1. The predicted octanol–water partition coefficient (Wildman–Crippen LogP) is 0.360. The molecule has 1 N–H and O–H groups in total. The minimum Gasteiger partial charge on any atom is -0.345 e. The number of likely N-dealkylation sites (tertiary alicyclic amines) is 1. The zero-order valence-electron chi connectivity index (χ0n) is 13.1. The lowest BCUT2D eigenvalue weighted by Crippen LogP contribution is -2.34. The first-order valence-electron chi connectivity index (χ1n) is 7.42. The smallest absolute Gasteiger partial charge is 0.258 e. The Bertz CT molecular complexity index is 829. The third-order valence-electron chi connectivity index (χ3n) is 4.12. The van der Waals surface area contributed by atoms with Crippen LogP contribution < -0.4 is 5.56 Å². The summed E-state index contributed by atoms with van der Waals surface area (Å²) >= 11 is 0. The predicted molar refractivity (Wildman–Crippen MR) is 84.6 cm³/mol. The minimum atomic E-state index is -0.329. The molecule has 1 aliphatic heterocycles. The molecule has 0 spiro atoms. The van der Waals surface area contributed by atoms with Gasteiger partial charge in [-0.25, -0.2) is 4.98 Å². The molecular formula is C16H18N4O3. The Morgan fingerprint density at radius 3 is 2.83 bits per heavy atom. The van der Waals surface area contributed by atoms with Crippen molar-refractivity contribution in [3.05, 3.63) is 40.4 Å². The summed E-state index contributed by atoms with van der Waals surface area (Å²) in [5.41, 5.74) is 0.380. The standard InChI is InChI=1S/C16H18N4O3/c1-19-8-10(7-14(19)21)16(23)20(2)9-13-17-12-6-4-3-5-11(12)15(22)18-13/h3-6,10H,7-9H2,1-2H3,(H,17,18,22). The Morgan fingerprint density at radius 1 is 1.39 bits per heavy atom. The van der Waals surface area contributed by atoms with E-state index in [9.17, 15) is 14.4 Å². The van der Waals surface area contributed by atoms with Gasteiger partial charge in [-0.2, -0.15) is 0 Å². The molecule has 0 bridgehead atoms. The number of aromatic amines is 1. The molecule has 1 aromatic heterocycles. The van der Waals surface area contributed by atoms with E-state index in [1.807, 2.05) is 6.07 Å². The first-order valence-corrected chi connectivity index (χ1v) is 7.42. The topological polar surface area (TPSA) is 86.4 Å². The lowest BCUT2D eigenvalue weighted by Gasteiger charge is -2.20. The second-order valence-corrected chi connectivity index (χ2v) is 5.90. The number of H-pyrrole nitrogens is 1. The number of para-hydroxylation sites is 1. The van der Waals surface area contributed by atoms with Gasteiger partial charge in [0.1, 0.15) is 5.82 Å². The highest BCUT2D eigenvalue weighted by Gasteiger charge is 2.33. The van der Waals surface area contributed by atoms with Gasteiger partial charge in [-0.1, -0.05) is 12.1 Å². The average molecular weight is 314 g/mol.